The zero-order valence-corrected chi connectivity index (χ0v) is 13.4. The molecule has 0 heterocycles. The molecular weight excluding hydrogens is 349 g/mol. The van der Waals surface area contributed by atoms with Gasteiger partial charge in [0.05, 0.1) is 24.5 Å². The van der Waals surface area contributed by atoms with E-state index in [-0.39, 0.29) is 10.6 Å². The van der Waals surface area contributed by atoms with Crippen molar-refractivity contribution in [1.29, 1.82) is 0 Å². The Hall–Kier alpha value is -1.46. The number of hydrogen-bond acceptors (Lipinski definition) is 4. The van der Waals surface area contributed by atoms with Crippen LogP contribution in [0.25, 0.3) is 0 Å². The van der Waals surface area contributed by atoms with Gasteiger partial charge in [0, 0.05) is 0 Å². The molecule has 0 aliphatic carbocycles. The first-order chi connectivity index (χ1) is 9.89. The Labute approximate surface area is 126 Å². The van der Waals surface area contributed by atoms with E-state index in [2.05, 4.69) is 8.02 Å². The van der Waals surface area contributed by atoms with Crippen LogP contribution in [0.3, 0.4) is 0 Å². The Balaban J connectivity index is 3.12. The van der Waals surface area contributed by atoms with E-state index >= 15 is 0 Å². The number of carbonyl (C=O) groups is 1. The van der Waals surface area contributed by atoms with E-state index in [9.17, 15) is 22.2 Å². The van der Waals surface area contributed by atoms with Crippen molar-refractivity contribution in [3.05, 3.63) is 24.3 Å². The maximum absolute atomic E-state index is 12.4. The summed E-state index contributed by atoms with van der Waals surface area (Å²) in [6, 6.07) is 5.27. The summed E-state index contributed by atoms with van der Waals surface area (Å²) in [5.74, 6) is 0.103. The van der Waals surface area contributed by atoms with E-state index in [1.54, 1.807) is 0 Å². The molecule has 1 N–H and O–H groups in total. The first-order valence-corrected chi connectivity index (χ1v) is 9.34. The minimum atomic E-state index is -5.45. The highest BCUT2D eigenvalue weighted by molar-refractivity contribution is 8.29. The molecule has 126 valence electrons. The lowest BCUT2D eigenvalue weighted by atomic mass is 10.3. The van der Waals surface area contributed by atoms with Gasteiger partial charge in [-0.3, -0.25) is 0 Å². The summed E-state index contributed by atoms with van der Waals surface area (Å²) in [5, 5.41) is 0. The van der Waals surface area contributed by atoms with Gasteiger partial charge in [-0.2, -0.15) is 13.2 Å². The van der Waals surface area contributed by atoms with Crippen molar-refractivity contribution in [3.63, 3.8) is 0 Å². The van der Waals surface area contributed by atoms with Gasteiger partial charge < -0.3 is 9.47 Å². The quantitative estimate of drug-likeness (QED) is 0.293. The van der Waals surface area contributed by atoms with E-state index in [4.69, 9.17) is 9.29 Å². The van der Waals surface area contributed by atoms with Crippen molar-refractivity contribution >= 4 is 26.6 Å². The summed E-state index contributed by atoms with van der Waals surface area (Å²) >= 11 is 0. The SMILES string of the molecule is COC(=O)Oc1ccc(S(C)(C)[O+]=S(=O)(O)C(F)(F)F)cc1. The molecule has 22 heavy (non-hydrogen) atoms. The van der Waals surface area contributed by atoms with Crippen molar-refractivity contribution in [3.8, 4) is 5.75 Å². The second kappa shape index (κ2) is 6.34. The summed E-state index contributed by atoms with van der Waals surface area (Å²) in [4.78, 5) is 11.2. The molecule has 11 heteroatoms. The fraction of sp³-hybridized carbons (Fsp3) is 0.364. The molecule has 6 nitrogen and oxygen atoms in total. The Morgan fingerprint density at radius 2 is 1.73 bits per heavy atom. The van der Waals surface area contributed by atoms with Gasteiger partial charge >= 0.3 is 21.8 Å². The normalized spacial score (nSPS) is 15.6. The molecule has 0 aliphatic heterocycles. The average Bonchev–Trinajstić information content (AvgIpc) is 2.36. The highest BCUT2D eigenvalue weighted by atomic mass is 32.3. The molecule has 1 aromatic carbocycles. The largest absolute Gasteiger partial charge is 0.576 e. The van der Waals surface area contributed by atoms with Crippen LogP contribution in [0, 0.1) is 0 Å². The third-order valence-corrected chi connectivity index (χ3v) is 6.41. The molecule has 0 saturated carbocycles. The number of alkyl halides is 3. The summed E-state index contributed by atoms with van der Waals surface area (Å²) in [6.45, 7) is 0. The number of halogens is 3. The van der Waals surface area contributed by atoms with Crippen LogP contribution in [0.15, 0.2) is 29.2 Å². The van der Waals surface area contributed by atoms with Gasteiger partial charge in [-0.25, -0.2) is 9.35 Å². The van der Waals surface area contributed by atoms with Crippen LogP contribution in [0.1, 0.15) is 0 Å². The van der Waals surface area contributed by atoms with E-state index in [1.807, 2.05) is 0 Å². The zero-order chi connectivity index (χ0) is 17.2. The lowest BCUT2D eigenvalue weighted by Crippen LogP contribution is -2.24. The minimum Gasteiger partial charge on any atom is -0.437 e. The smallest absolute Gasteiger partial charge is 0.437 e. The molecule has 1 unspecified atom stereocenters. The van der Waals surface area contributed by atoms with Crippen LogP contribution in [-0.2, 0) is 18.1 Å². The molecule has 0 bridgehead atoms. The number of carbonyl (C=O) groups excluding carboxylic acids is 1. The maximum Gasteiger partial charge on any atom is 0.576 e. The van der Waals surface area contributed by atoms with Crippen LogP contribution < -0.4 is 4.74 Å². The van der Waals surface area contributed by atoms with Crippen molar-refractivity contribution in [2.24, 2.45) is 0 Å². The number of ether oxygens (including phenoxy) is 2. The molecule has 0 aromatic heterocycles. The summed E-state index contributed by atoms with van der Waals surface area (Å²) in [7, 11) is -7.01. The second-order valence-corrected chi connectivity index (χ2v) is 9.14. The highest BCUT2D eigenvalue weighted by Crippen LogP contribution is 2.49. The summed E-state index contributed by atoms with van der Waals surface area (Å²) in [6.07, 6.45) is 1.61. The lowest BCUT2D eigenvalue weighted by molar-refractivity contribution is -0.0541. The Kier molecular flexibility index (Phi) is 5.36. The maximum atomic E-state index is 12.4. The van der Waals surface area contributed by atoms with Crippen LogP contribution in [0.5, 0.6) is 5.75 Å². The molecule has 0 amide bonds. The Bertz CT molecular complexity index is 659. The molecule has 0 spiro atoms. The molecule has 0 aliphatic rings. The highest BCUT2D eigenvalue weighted by Gasteiger charge is 2.55. The monoisotopic (exact) mass is 363 g/mol. The van der Waals surface area contributed by atoms with Gasteiger partial charge in [0.25, 0.3) is 0 Å². The van der Waals surface area contributed by atoms with Crippen molar-refractivity contribution < 1.29 is 39.5 Å². The van der Waals surface area contributed by atoms with Gasteiger partial charge in [0.2, 0.25) is 0 Å². The predicted octanol–water partition coefficient (Wildman–Crippen LogP) is 3.33. The summed E-state index contributed by atoms with van der Waals surface area (Å²) < 4.78 is 70.8. The van der Waals surface area contributed by atoms with Crippen LogP contribution in [-0.4, -0.2) is 40.0 Å². The average molecular weight is 363 g/mol. The van der Waals surface area contributed by atoms with Gasteiger partial charge in [0.1, 0.15) is 16.1 Å². The predicted molar refractivity (Wildman–Crippen MR) is 74.7 cm³/mol. The van der Waals surface area contributed by atoms with Crippen LogP contribution in [0.4, 0.5) is 18.0 Å². The molecule has 0 fully saturated rings. The topological polar surface area (TPSA) is 84.1 Å². The van der Waals surface area contributed by atoms with Crippen molar-refractivity contribution in [2.75, 3.05) is 19.6 Å². The number of benzene rings is 1. The lowest BCUT2D eigenvalue weighted by Gasteiger charge is -2.15. The minimum absolute atomic E-state index is 0.103. The molecule has 0 radical (unpaired) electrons. The molecule has 1 rings (SSSR count). The Morgan fingerprint density at radius 1 is 1.23 bits per heavy atom. The van der Waals surface area contributed by atoms with E-state index in [0.717, 1.165) is 7.11 Å². The molecule has 1 atom stereocenters. The van der Waals surface area contributed by atoms with Gasteiger partial charge in [-0.1, -0.05) is 0 Å². The number of rotatable bonds is 3. The molecular formula is C11H14F3O6S2+. The first-order valence-electron chi connectivity index (χ1n) is 5.52. The second-order valence-electron chi connectivity index (χ2n) is 4.25. The van der Waals surface area contributed by atoms with Crippen molar-refractivity contribution in [1.82, 2.24) is 0 Å². The number of hydrogen-bond donors (Lipinski definition) is 1. The van der Waals surface area contributed by atoms with Crippen molar-refractivity contribution in [2.45, 2.75) is 10.4 Å². The fourth-order valence-corrected chi connectivity index (χ4v) is 4.54. The third kappa shape index (κ3) is 4.52. The zero-order valence-electron chi connectivity index (χ0n) is 11.7. The standard InChI is InChI=1S/C11H13F3O6S2/c1-18-10(15)19-8-4-6-9(7-5-8)21(2,3)20-22(16,17)11(12,13)14/h4-7H,1-3H3/p+1. The Morgan fingerprint density at radius 3 is 2.14 bits per heavy atom. The van der Waals surface area contributed by atoms with Gasteiger partial charge in [-0.15, -0.1) is 7.49 Å². The van der Waals surface area contributed by atoms with Crippen LogP contribution >= 0.6 is 10.3 Å². The van der Waals surface area contributed by atoms with E-state index < -0.39 is 32.1 Å². The molecule has 0 saturated heterocycles. The van der Waals surface area contributed by atoms with E-state index in [1.165, 1.54) is 36.8 Å². The first kappa shape index (κ1) is 18.6. The third-order valence-electron chi connectivity index (χ3n) is 2.31. The van der Waals surface area contributed by atoms with Gasteiger partial charge in [-0.05, 0) is 24.3 Å². The summed E-state index contributed by atoms with van der Waals surface area (Å²) in [5.41, 5.74) is -5.38. The van der Waals surface area contributed by atoms with E-state index in [0.29, 0.717) is 0 Å². The number of methoxy groups -OCH3 is 1. The van der Waals surface area contributed by atoms with Crippen LogP contribution in [0.2, 0.25) is 0 Å². The van der Waals surface area contributed by atoms with Gasteiger partial charge in [0.15, 0.2) is 0 Å². The fourth-order valence-electron chi connectivity index (χ4n) is 1.28. The molecule has 1 aromatic rings.